The number of benzene rings is 1. The molecule has 11 nitrogen and oxygen atoms in total. The number of aromatic nitrogens is 2. The van der Waals surface area contributed by atoms with Gasteiger partial charge in [-0.2, -0.15) is 4.98 Å². The molecule has 1 aromatic carbocycles. The van der Waals surface area contributed by atoms with Gasteiger partial charge in [-0.15, -0.1) is 0 Å². The number of carbonyl (C=O) groups excluding carboxylic acids is 2. The fraction of sp³-hybridized carbons (Fsp3) is 0.433. The van der Waals surface area contributed by atoms with E-state index in [2.05, 4.69) is 37.8 Å². The predicted molar refractivity (Wildman–Crippen MR) is 162 cm³/mol. The van der Waals surface area contributed by atoms with Gasteiger partial charge in [0.2, 0.25) is 17.8 Å². The van der Waals surface area contributed by atoms with Gasteiger partial charge in [0.15, 0.2) is 0 Å². The van der Waals surface area contributed by atoms with Crippen LogP contribution >= 0.6 is 0 Å². The highest BCUT2D eigenvalue weighted by molar-refractivity contribution is 5.93. The number of nitrogens with two attached hydrogens (primary N) is 1. The zero-order valence-corrected chi connectivity index (χ0v) is 23.7. The van der Waals surface area contributed by atoms with Crippen molar-refractivity contribution in [1.82, 2.24) is 25.1 Å². The standard InChI is InChI=1S/C30H39N9O2/c1-38(2)16-7-10-27(40)39-17-6-9-26(39)29(41)33-15-5-3-4-8-21-20-34-30(37-28(21)35-23-11-12-23)36-24-13-14-25(32)22(18-24)19-31/h7,10,13-14,18-20,23,26,31H,3,5-6,9,11-12,15-17,32H2,1-2H3,(H,33,41)(H2,34,35,36,37)/b10-7+,31-19?/t26-/m0/s1. The minimum absolute atomic E-state index is 0.105. The maximum atomic E-state index is 12.7. The number of unbranched alkanes of at least 4 members (excludes halogenated alkanes) is 1. The Morgan fingerprint density at radius 1 is 1.27 bits per heavy atom. The van der Waals surface area contributed by atoms with Crippen LogP contribution in [0.4, 0.5) is 23.1 Å². The van der Waals surface area contributed by atoms with Crippen LogP contribution in [0.1, 0.15) is 49.7 Å². The van der Waals surface area contributed by atoms with Gasteiger partial charge in [-0.25, -0.2) is 4.98 Å². The fourth-order valence-corrected chi connectivity index (χ4v) is 4.40. The predicted octanol–water partition coefficient (Wildman–Crippen LogP) is 2.73. The third kappa shape index (κ3) is 8.78. The van der Waals surface area contributed by atoms with E-state index >= 15 is 0 Å². The molecule has 2 fully saturated rings. The summed E-state index contributed by atoms with van der Waals surface area (Å²) in [5, 5.41) is 17.1. The first kappa shape index (κ1) is 29.6. The molecule has 1 saturated carbocycles. The van der Waals surface area contributed by atoms with E-state index in [1.54, 1.807) is 29.3 Å². The third-order valence-corrected chi connectivity index (χ3v) is 6.78. The number of nitrogens with one attached hydrogen (secondary N) is 4. The zero-order chi connectivity index (χ0) is 29.2. The Morgan fingerprint density at radius 2 is 2.10 bits per heavy atom. The number of hydrogen-bond donors (Lipinski definition) is 5. The molecule has 2 heterocycles. The van der Waals surface area contributed by atoms with Crippen molar-refractivity contribution in [2.45, 2.75) is 50.6 Å². The summed E-state index contributed by atoms with van der Waals surface area (Å²) in [7, 11) is 3.88. The van der Waals surface area contributed by atoms with Crippen LogP contribution in [0.2, 0.25) is 0 Å². The highest BCUT2D eigenvalue weighted by Gasteiger charge is 2.32. The number of nitrogen functional groups attached to an aromatic ring is 1. The maximum absolute atomic E-state index is 12.7. The quantitative estimate of drug-likeness (QED) is 0.0878. The molecule has 1 atom stereocenters. The molecule has 0 bridgehead atoms. The number of amides is 2. The van der Waals surface area contributed by atoms with Crippen LogP contribution in [0.15, 0.2) is 36.5 Å². The number of hydrogen-bond acceptors (Lipinski definition) is 9. The van der Waals surface area contributed by atoms with E-state index in [9.17, 15) is 9.59 Å². The topological polar surface area (TPSA) is 152 Å². The SMILES string of the molecule is CN(C)C/C=C/C(=O)N1CCC[C@H]1C(=O)NCCCC#Cc1cnc(Nc2ccc(N)c(C=N)c2)nc1NC1CC1. The zero-order valence-electron chi connectivity index (χ0n) is 23.7. The lowest BCUT2D eigenvalue weighted by Crippen LogP contribution is -2.45. The van der Waals surface area contributed by atoms with Crippen LogP contribution in [0.5, 0.6) is 0 Å². The van der Waals surface area contributed by atoms with Crippen molar-refractivity contribution in [1.29, 1.82) is 5.41 Å². The molecule has 1 aromatic heterocycles. The summed E-state index contributed by atoms with van der Waals surface area (Å²) in [6.45, 7) is 1.78. The molecule has 2 amide bonds. The number of likely N-dealkylation sites (tertiary alicyclic amines) is 1. The Balaban J connectivity index is 1.28. The molecule has 0 radical (unpaired) electrons. The van der Waals surface area contributed by atoms with Crippen LogP contribution in [0, 0.1) is 17.3 Å². The number of anilines is 4. The Kier molecular flexibility index (Phi) is 10.3. The first-order chi connectivity index (χ1) is 19.8. The van der Waals surface area contributed by atoms with Crippen molar-refractivity contribution in [3.8, 4) is 11.8 Å². The van der Waals surface area contributed by atoms with Gasteiger partial charge in [-0.1, -0.05) is 17.9 Å². The summed E-state index contributed by atoms with van der Waals surface area (Å²) in [6, 6.07) is 5.31. The van der Waals surface area contributed by atoms with Crippen molar-refractivity contribution >= 4 is 41.2 Å². The van der Waals surface area contributed by atoms with E-state index < -0.39 is 6.04 Å². The molecule has 2 aliphatic rings. The van der Waals surface area contributed by atoms with Gasteiger partial charge in [0, 0.05) is 61.3 Å². The normalized spacial score (nSPS) is 16.4. The molecule has 1 saturated heterocycles. The Bertz CT molecular complexity index is 1340. The van der Waals surface area contributed by atoms with Crippen molar-refractivity contribution in [3.05, 3.63) is 47.7 Å². The molecule has 11 heteroatoms. The van der Waals surface area contributed by atoms with Crippen molar-refractivity contribution in [2.24, 2.45) is 0 Å². The van der Waals surface area contributed by atoms with Crippen LogP contribution in [-0.4, -0.2) is 83.6 Å². The molecule has 0 spiro atoms. The fourth-order valence-electron chi connectivity index (χ4n) is 4.40. The molecular formula is C30H39N9O2. The molecular weight excluding hydrogens is 518 g/mol. The summed E-state index contributed by atoms with van der Waals surface area (Å²) in [6.07, 6.45) is 11.3. The summed E-state index contributed by atoms with van der Waals surface area (Å²) in [4.78, 5) is 38.0. The molecule has 2 aromatic rings. The lowest BCUT2D eigenvalue weighted by atomic mass is 10.2. The molecule has 6 N–H and O–H groups in total. The van der Waals surface area contributed by atoms with Gasteiger partial charge in [-0.3, -0.25) is 9.59 Å². The average Bonchev–Trinajstić information content (AvgIpc) is 3.62. The second-order valence-electron chi connectivity index (χ2n) is 10.5. The van der Waals surface area contributed by atoms with E-state index in [1.807, 2.05) is 31.1 Å². The van der Waals surface area contributed by atoms with Crippen LogP contribution in [0.25, 0.3) is 0 Å². The van der Waals surface area contributed by atoms with Gasteiger partial charge in [0.1, 0.15) is 11.9 Å². The largest absolute Gasteiger partial charge is 0.398 e. The Morgan fingerprint density at radius 3 is 2.85 bits per heavy atom. The third-order valence-electron chi connectivity index (χ3n) is 6.78. The molecule has 216 valence electrons. The lowest BCUT2D eigenvalue weighted by Gasteiger charge is -2.22. The second-order valence-corrected chi connectivity index (χ2v) is 10.5. The summed E-state index contributed by atoms with van der Waals surface area (Å²) >= 11 is 0. The van der Waals surface area contributed by atoms with Gasteiger partial charge in [0.25, 0.3) is 0 Å². The van der Waals surface area contributed by atoms with E-state index in [1.165, 1.54) is 6.21 Å². The monoisotopic (exact) mass is 557 g/mol. The first-order valence-electron chi connectivity index (χ1n) is 14.0. The van der Waals surface area contributed by atoms with Crippen molar-refractivity contribution in [2.75, 3.05) is 50.1 Å². The maximum Gasteiger partial charge on any atom is 0.246 e. The van der Waals surface area contributed by atoms with Crippen molar-refractivity contribution in [3.63, 3.8) is 0 Å². The lowest BCUT2D eigenvalue weighted by molar-refractivity contribution is -0.135. The van der Waals surface area contributed by atoms with Crippen LogP contribution in [-0.2, 0) is 9.59 Å². The van der Waals surface area contributed by atoms with Gasteiger partial charge >= 0.3 is 0 Å². The minimum Gasteiger partial charge on any atom is -0.398 e. The molecule has 0 unspecified atom stereocenters. The van der Waals surface area contributed by atoms with Crippen molar-refractivity contribution < 1.29 is 9.59 Å². The van der Waals surface area contributed by atoms with Crippen LogP contribution < -0.4 is 21.7 Å². The van der Waals surface area contributed by atoms with E-state index in [-0.39, 0.29) is 11.8 Å². The van der Waals surface area contributed by atoms with Gasteiger partial charge in [0.05, 0.1) is 11.8 Å². The molecule has 1 aliphatic heterocycles. The summed E-state index contributed by atoms with van der Waals surface area (Å²) < 4.78 is 0. The minimum atomic E-state index is -0.414. The average molecular weight is 558 g/mol. The number of likely N-dealkylation sites (N-methyl/N-ethyl adjacent to an activating group) is 1. The van der Waals surface area contributed by atoms with Crippen LogP contribution in [0.3, 0.4) is 0 Å². The van der Waals surface area contributed by atoms with Gasteiger partial charge in [-0.05, 0) is 64.4 Å². The molecule has 1 aliphatic carbocycles. The van der Waals surface area contributed by atoms with E-state index in [0.717, 1.165) is 24.9 Å². The molecule has 4 rings (SSSR count). The highest BCUT2D eigenvalue weighted by atomic mass is 16.2. The number of carbonyl (C=O) groups is 2. The summed E-state index contributed by atoms with van der Waals surface area (Å²) in [5.41, 5.74) is 8.49. The Hall–Kier alpha value is -4.43. The first-order valence-corrected chi connectivity index (χ1v) is 14.0. The second kappa shape index (κ2) is 14.3. The summed E-state index contributed by atoms with van der Waals surface area (Å²) in [5.74, 6) is 7.23. The van der Waals surface area contributed by atoms with E-state index in [0.29, 0.717) is 73.5 Å². The van der Waals surface area contributed by atoms with Gasteiger partial charge < -0.3 is 36.9 Å². The van der Waals surface area contributed by atoms with E-state index in [4.69, 9.17) is 11.1 Å². The highest BCUT2D eigenvalue weighted by Crippen LogP contribution is 2.27. The molecule has 41 heavy (non-hydrogen) atoms. The smallest absolute Gasteiger partial charge is 0.246 e. The Labute approximate surface area is 241 Å². The number of rotatable bonds is 12. The number of nitrogens with zero attached hydrogens (tertiary/aromatic N) is 4.